The van der Waals surface area contributed by atoms with Gasteiger partial charge in [-0.15, -0.1) is 0 Å². The van der Waals surface area contributed by atoms with Gasteiger partial charge < -0.3 is 10.1 Å². The molecule has 0 spiro atoms. The molecule has 4 aromatic rings. The van der Waals surface area contributed by atoms with Gasteiger partial charge >= 0.3 is 0 Å². The molecule has 1 N–H and O–H groups in total. The van der Waals surface area contributed by atoms with E-state index in [0.717, 1.165) is 23.4 Å². The Morgan fingerprint density at radius 1 is 1.20 bits per heavy atom. The molecule has 0 amide bonds. The monoisotopic (exact) mass is 475 g/mol. The summed E-state index contributed by atoms with van der Waals surface area (Å²) in [6.45, 7) is 2.96. The number of halogens is 1. The van der Waals surface area contributed by atoms with E-state index < -0.39 is 12.3 Å². The number of nitrogens with zero attached hydrogens (tertiary/aromatic N) is 6. The summed E-state index contributed by atoms with van der Waals surface area (Å²) in [5.41, 5.74) is 2.78. The maximum atomic E-state index is 14.0. The van der Waals surface area contributed by atoms with Crippen LogP contribution in [0.4, 0.5) is 4.39 Å². The molecule has 1 saturated heterocycles. The first-order valence-electron chi connectivity index (χ1n) is 11.5. The molecule has 1 aliphatic heterocycles. The Bertz CT molecular complexity index is 1370. The predicted octanol–water partition coefficient (Wildman–Crippen LogP) is 2.65. The maximum Gasteiger partial charge on any atom is 0.203 e. The lowest BCUT2D eigenvalue weighted by molar-refractivity contribution is 0.0725. The van der Waals surface area contributed by atoms with E-state index in [-0.39, 0.29) is 17.9 Å². The van der Waals surface area contributed by atoms with Crippen molar-refractivity contribution in [1.29, 1.82) is 0 Å². The van der Waals surface area contributed by atoms with E-state index >= 15 is 0 Å². The molecule has 9 nitrogen and oxygen atoms in total. The zero-order valence-corrected chi connectivity index (χ0v) is 19.5. The van der Waals surface area contributed by atoms with Gasteiger partial charge in [0.2, 0.25) is 5.43 Å². The van der Waals surface area contributed by atoms with E-state index in [4.69, 9.17) is 4.74 Å². The van der Waals surface area contributed by atoms with Crippen molar-refractivity contribution in [3.63, 3.8) is 0 Å². The molecule has 1 aromatic carbocycles. The molecule has 1 fully saturated rings. The molecule has 3 aromatic heterocycles. The van der Waals surface area contributed by atoms with E-state index in [0.29, 0.717) is 23.7 Å². The fourth-order valence-corrected chi connectivity index (χ4v) is 4.13. The third-order valence-corrected chi connectivity index (χ3v) is 6.11. The zero-order valence-electron chi connectivity index (χ0n) is 19.5. The average molecular weight is 476 g/mol. The fourth-order valence-electron chi connectivity index (χ4n) is 4.13. The van der Waals surface area contributed by atoms with Crippen molar-refractivity contribution in [2.24, 2.45) is 7.05 Å². The van der Waals surface area contributed by atoms with Crippen LogP contribution >= 0.6 is 0 Å². The Kier molecular flexibility index (Phi) is 6.37. The van der Waals surface area contributed by atoms with E-state index in [9.17, 15) is 9.18 Å². The lowest BCUT2D eigenvalue weighted by atomic mass is 9.95. The van der Waals surface area contributed by atoms with E-state index in [1.54, 1.807) is 34.2 Å². The van der Waals surface area contributed by atoms with Crippen molar-refractivity contribution in [2.75, 3.05) is 13.1 Å². The van der Waals surface area contributed by atoms with Crippen LogP contribution in [-0.2, 0) is 7.05 Å². The van der Waals surface area contributed by atoms with Gasteiger partial charge in [-0.2, -0.15) is 10.2 Å². The molecule has 180 valence electrons. The second kappa shape index (κ2) is 9.75. The van der Waals surface area contributed by atoms with Gasteiger partial charge in [0.1, 0.15) is 23.7 Å². The maximum absolute atomic E-state index is 14.0. The molecular weight excluding hydrogens is 449 g/mol. The Balaban J connectivity index is 1.37. The van der Waals surface area contributed by atoms with Crippen LogP contribution in [0.1, 0.15) is 30.5 Å². The first-order chi connectivity index (χ1) is 17.0. The first-order valence-corrected chi connectivity index (χ1v) is 11.5. The lowest BCUT2D eigenvalue weighted by Crippen LogP contribution is -2.44. The van der Waals surface area contributed by atoms with Gasteiger partial charge in [-0.25, -0.2) is 19.0 Å². The molecule has 1 aliphatic rings. The molecular formula is C25H26FN7O2. The van der Waals surface area contributed by atoms with Gasteiger partial charge in [0, 0.05) is 37.3 Å². The number of aryl methyl sites for hydroxylation is 1. The molecule has 4 heterocycles. The molecule has 0 aliphatic carbocycles. The van der Waals surface area contributed by atoms with Crippen LogP contribution in [0.5, 0.6) is 5.75 Å². The average Bonchev–Trinajstić information content (AvgIpc) is 3.32. The standard InChI is InChI=1S/C25H26FN7O2/c1-16(24-22(34)7-9-33(31-24)19-11-30-32(2)15-19)17-4-3-5-18(10-17)25-28-12-20(13-29-25)35-23-6-8-27-14-21(23)26/h3-5,7,9-13,15-16,21,23,27H,6,8,14H2,1-2H3/t16?,21-,23+/m0/s1. The Morgan fingerprint density at radius 3 is 2.77 bits per heavy atom. The second-order valence-electron chi connectivity index (χ2n) is 8.64. The van der Waals surface area contributed by atoms with Gasteiger partial charge in [0.25, 0.3) is 0 Å². The summed E-state index contributed by atoms with van der Waals surface area (Å²) in [4.78, 5) is 21.5. The molecule has 0 saturated carbocycles. The normalized spacial score (nSPS) is 18.8. The largest absolute Gasteiger partial charge is 0.484 e. The number of ether oxygens (including phenoxy) is 1. The summed E-state index contributed by atoms with van der Waals surface area (Å²) in [6.07, 6.45) is 7.33. The number of nitrogens with one attached hydrogen (secondary N) is 1. The molecule has 35 heavy (non-hydrogen) atoms. The first kappa shape index (κ1) is 22.9. The van der Waals surface area contributed by atoms with Crippen LogP contribution in [-0.4, -0.2) is 54.9 Å². The molecule has 1 unspecified atom stereocenters. The van der Waals surface area contributed by atoms with Crippen molar-refractivity contribution < 1.29 is 9.13 Å². The number of rotatable bonds is 6. The van der Waals surface area contributed by atoms with Gasteiger partial charge in [-0.3, -0.25) is 9.48 Å². The van der Waals surface area contributed by atoms with Crippen molar-refractivity contribution >= 4 is 0 Å². The van der Waals surface area contributed by atoms with Crippen LogP contribution in [0.15, 0.2) is 66.1 Å². The van der Waals surface area contributed by atoms with Crippen LogP contribution in [0, 0.1) is 0 Å². The minimum atomic E-state index is -1.06. The highest BCUT2D eigenvalue weighted by atomic mass is 19.1. The highest BCUT2D eigenvalue weighted by Gasteiger charge is 2.26. The van der Waals surface area contributed by atoms with Crippen LogP contribution in [0.3, 0.4) is 0 Å². The second-order valence-corrected chi connectivity index (χ2v) is 8.64. The molecule has 5 rings (SSSR count). The van der Waals surface area contributed by atoms with Crippen LogP contribution in [0.2, 0.25) is 0 Å². The minimum Gasteiger partial charge on any atom is -0.484 e. The molecule has 0 bridgehead atoms. The molecule has 3 atom stereocenters. The molecule has 10 heteroatoms. The third-order valence-electron chi connectivity index (χ3n) is 6.11. The van der Waals surface area contributed by atoms with Crippen LogP contribution < -0.4 is 15.5 Å². The lowest BCUT2D eigenvalue weighted by Gasteiger charge is -2.27. The van der Waals surface area contributed by atoms with Gasteiger partial charge in [-0.1, -0.05) is 25.1 Å². The van der Waals surface area contributed by atoms with E-state index in [1.807, 2.05) is 44.4 Å². The summed E-state index contributed by atoms with van der Waals surface area (Å²) >= 11 is 0. The Morgan fingerprint density at radius 2 is 2.03 bits per heavy atom. The van der Waals surface area contributed by atoms with Gasteiger partial charge in [0.15, 0.2) is 11.6 Å². The summed E-state index contributed by atoms with van der Waals surface area (Å²) in [5, 5.41) is 11.8. The zero-order chi connectivity index (χ0) is 24.4. The van der Waals surface area contributed by atoms with Crippen molar-refractivity contribution in [3.8, 4) is 22.8 Å². The van der Waals surface area contributed by atoms with Crippen molar-refractivity contribution in [1.82, 2.24) is 34.8 Å². The highest BCUT2D eigenvalue weighted by Crippen LogP contribution is 2.26. The number of piperidine rings is 1. The van der Waals surface area contributed by atoms with Crippen molar-refractivity contribution in [2.45, 2.75) is 31.5 Å². The number of alkyl halides is 1. The number of hydrogen-bond donors (Lipinski definition) is 1. The Labute approximate surface area is 201 Å². The SMILES string of the molecule is CC(c1cccc(-c2ncc(O[C@@H]3CCNC[C@@H]3F)cn2)c1)c1nn(-c2cnn(C)c2)ccc1=O. The summed E-state index contributed by atoms with van der Waals surface area (Å²) in [7, 11) is 1.83. The summed E-state index contributed by atoms with van der Waals surface area (Å²) in [6, 6.07) is 9.23. The Hall–Kier alpha value is -3.92. The number of hydrogen-bond acceptors (Lipinski definition) is 7. The van der Waals surface area contributed by atoms with E-state index in [1.165, 1.54) is 6.07 Å². The number of aromatic nitrogens is 6. The summed E-state index contributed by atoms with van der Waals surface area (Å²) in [5.74, 6) is 0.704. The quantitative estimate of drug-likeness (QED) is 0.458. The van der Waals surface area contributed by atoms with Crippen molar-refractivity contribution in [3.05, 3.63) is 82.8 Å². The van der Waals surface area contributed by atoms with Crippen LogP contribution in [0.25, 0.3) is 17.1 Å². The van der Waals surface area contributed by atoms with Gasteiger partial charge in [0.05, 0.1) is 24.8 Å². The van der Waals surface area contributed by atoms with Gasteiger partial charge in [-0.05, 0) is 24.6 Å². The third kappa shape index (κ3) is 4.97. The number of benzene rings is 1. The fraction of sp³-hybridized carbons (Fsp3) is 0.320. The minimum absolute atomic E-state index is 0.134. The smallest absolute Gasteiger partial charge is 0.203 e. The topological polar surface area (TPSA) is 99.8 Å². The highest BCUT2D eigenvalue weighted by molar-refractivity contribution is 5.57. The van der Waals surface area contributed by atoms with E-state index in [2.05, 4.69) is 25.5 Å². The molecule has 0 radical (unpaired) electrons. The summed E-state index contributed by atoms with van der Waals surface area (Å²) < 4.78 is 23.1. The predicted molar refractivity (Wildman–Crippen MR) is 128 cm³/mol.